The van der Waals surface area contributed by atoms with E-state index in [1.165, 1.54) is 0 Å². The summed E-state index contributed by atoms with van der Waals surface area (Å²) in [7, 11) is 1.81. The van der Waals surface area contributed by atoms with E-state index in [-0.39, 0.29) is 30.5 Å². The fourth-order valence-corrected chi connectivity index (χ4v) is 3.15. The van der Waals surface area contributed by atoms with Crippen LogP contribution in [-0.2, 0) is 18.4 Å². The molecular formula is C17H26Cl2N6O2S. The summed E-state index contributed by atoms with van der Waals surface area (Å²) in [5.74, 6) is 1.30. The number of ether oxygens (including phenoxy) is 1. The molecule has 0 saturated carbocycles. The van der Waals surface area contributed by atoms with Crippen molar-refractivity contribution in [1.29, 1.82) is 0 Å². The smallest absolute Gasteiger partial charge is 0.258 e. The van der Waals surface area contributed by atoms with Gasteiger partial charge in [0.25, 0.3) is 5.91 Å². The van der Waals surface area contributed by atoms with E-state index in [1.807, 2.05) is 26.8 Å². The first-order valence-corrected chi connectivity index (χ1v) is 9.89. The SMILES string of the molecule is Cl.Cn1nnnc1SCCNCc1cc(Cl)ccc1OCC(=O)NC(C)(C)C. The maximum absolute atomic E-state index is 12.0. The van der Waals surface area contributed by atoms with Crippen molar-refractivity contribution in [1.82, 2.24) is 30.8 Å². The Bertz CT molecular complexity index is 766. The highest BCUT2D eigenvalue weighted by atomic mass is 35.5. The van der Waals surface area contributed by atoms with Crippen LogP contribution in [0.15, 0.2) is 23.4 Å². The third kappa shape index (κ3) is 8.64. The molecule has 156 valence electrons. The molecule has 0 aliphatic rings. The van der Waals surface area contributed by atoms with E-state index in [9.17, 15) is 4.79 Å². The minimum atomic E-state index is -0.291. The van der Waals surface area contributed by atoms with Gasteiger partial charge >= 0.3 is 0 Å². The first-order valence-electron chi connectivity index (χ1n) is 8.53. The lowest BCUT2D eigenvalue weighted by Gasteiger charge is -2.21. The van der Waals surface area contributed by atoms with E-state index in [0.29, 0.717) is 17.3 Å². The second kappa shape index (κ2) is 11.5. The van der Waals surface area contributed by atoms with Crippen LogP contribution in [0.3, 0.4) is 0 Å². The number of carbonyl (C=O) groups is 1. The standard InChI is InChI=1S/C17H25ClN6O2S.ClH/c1-17(2,3)20-15(25)11-26-14-6-5-13(18)9-12(14)10-19-7-8-27-16-21-22-23-24(16)4;/h5-6,9,19H,7-8,10-11H2,1-4H3,(H,20,25);1H. The Morgan fingerprint density at radius 3 is 2.75 bits per heavy atom. The predicted octanol–water partition coefficient (Wildman–Crippen LogP) is 2.46. The quantitative estimate of drug-likeness (QED) is 0.449. The molecule has 2 aromatic rings. The number of hydrogen-bond acceptors (Lipinski definition) is 7. The molecule has 0 saturated heterocycles. The van der Waals surface area contributed by atoms with Gasteiger partial charge in [0.15, 0.2) is 6.61 Å². The van der Waals surface area contributed by atoms with Crippen molar-refractivity contribution in [3.8, 4) is 5.75 Å². The number of thioether (sulfide) groups is 1. The zero-order valence-electron chi connectivity index (χ0n) is 16.4. The van der Waals surface area contributed by atoms with E-state index in [1.54, 1.807) is 35.6 Å². The molecule has 2 rings (SSSR count). The van der Waals surface area contributed by atoms with Crippen LogP contribution in [-0.4, -0.2) is 50.6 Å². The summed E-state index contributed by atoms with van der Waals surface area (Å²) in [5, 5.41) is 18.9. The van der Waals surface area contributed by atoms with E-state index in [2.05, 4.69) is 26.2 Å². The molecule has 0 unspecified atom stereocenters. The molecule has 0 radical (unpaired) electrons. The Kier molecular flexibility index (Phi) is 10.0. The van der Waals surface area contributed by atoms with Crippen molar-refractivity contribution in [2.24, 2.45) is 7.05 Å². The van der Waals surface area contributed by atoms with Crippen LogP contribution in [0.25, 0.3) is 0 Å². The maximum atomic E-state index is 12.0. The van der Waals surface area contributed by atoms with Gasteiger partial charge in [-0.1, -0.05) is 23.4 Å². The number of amides is 1. The van der Waals surface area contributed by atoms with Crippen LogP contribution in [0, 0.1) is 0 Å². The van der Waals surface area contributed by atoms with Gasteiger partial charge in [0.05, 0.1) is 0 Å². The highest BCUT2D eigenvalue weighted by Gasteiger charge is 2.15. The van der Waals surface area contributed by atoms with E-state index in [0.717, 1.165) is 23.0 Å². The van der Waals surface area contributed by atoms with Crippen LogP contribution >= 0.6 is 35.8 Å². The fraction of sp³-hybridized carbons (Fsp3) is 0.529. The molecule has 1 heterocycles. The normalized spacial score (nSPS) is 11.0. The van der Waals surface area contributed by atoms with Gasteiger partial charge < -0.3 is 15.4 Å². The Hall–Kier alpha value is -1.55. The lowest BCUT2D eigenvalue weighted by Crippen LogP contribution is -2.43. The molecule has 2 N–H and O–H groups in total. The number of benzene rings is 1. The molecule has 11 heteroatoms. The van der Waals surface area contributed by atoms with Crippen LogP contribution in [0.5, 0.6) is 5.75 Å². The van der Waals surface area contributed by atoms with Crippen molar-refractivity contribution >= 4 is 41.7 Å². The van der Waals surface area contributed by atoms with Gasteiger partial charge in [0.1, 0.15) is 5.75 Å². The van der Waals surface area contributed by atoms with E-state index in [4.69, 9.17) is 16.3 Å². The average molecular weight is 449 g/mol. The first-order chi connectivity index (χ1) is 12.7. The molecule has 0 aliphatic heterocycles. The number of nitrogens with one attached hydrogen (secondary N) is 2. The minimum Gasteiger partial charge on any atom is -0.483 e. The molecule has 1 amide bonds. The third-order valence-corrected chi connectivity index (χ3v) is 4.55. The van der Waals surface area contributed by atoms with Gasteiger partial charge in [-0.25, -0.2) is 4.68 Å². The zero-order chi connectivity index (χ0) is 19.9. The number of tetrazole rings is 1. The molecule has 1 aromatic carbocycles. The molecule has 0 atom stereocenters. The van der Waals surface area contributed by atoms with E-state index >= 15 is 0 Å². The van der Waals surface area contributed by atoms with Crippen molar-refractivity contribution in [3.05, 3.63) is 28.8 Å². The summed E-state index contributed by atoms with van der Waals surface area (Å²) in [6, 6.07) is 5.37. The Morgan fingerprint density at radius 1 is 1.36 bits per heavy atom. The van der Waals surface area contributed by atoms with Crippen molar-refractivity contribution in [2.45, 2.75) is 38.0 Å². The van der Waals surface area contributed by atoms with Crippen molar-refractivity contribution < 1.29 is 9.53 Å². The number of carbonyl (C=O) groups excluding carboxylic acids is 1. The van der Waals surface area contributed by atoms with Crippen LogP contribution < -0.4 is 15.4 Å². The fourth-order valence-electron chi connectivity index (χ4n) is 2.21. The molecule has 0 fully saturated rings. The number of aryl methyl sites for hydroxylation is 1. The Labute approximate surface area is 180 Å². The summed E-state index contributed by atoms with van der Waals surface area (Å²) in [6.45, 7) is 7.08. The molecule has 0 aliphatic carbocycles. The van der Waals surface area contributed by atoms with Crippen LogP contribution in [0.2, 0.25) is 5.02 Å². The maximum Gasteiger partial charge on any atom is 0.258 e. The Balaban J connectivity index is 0.00000392. The van der Waals surface area contributed by atoms with Gasteiger partial charge in [-0.2, -0.15) is 0 Å². The van der Waals surface area contributed by atoms with Crippen LogP contribution in [0.4, 0.5) is 0 Å². The number of nitrogens with zero attached hydrogens (tertiary/aromatic N) is 4. The molecule has 0 spiro atoms. The summed E-state index contributed by atoms with van der Waals surface area (Å²) in [4.78, 5) is 12.0. The summed E-state index contributed by atoms with van der Waals surface area (Å²) in [6.07, 6.45) is 0. The van der Waals surface area contributed by atoms with Gasteiger partial charge in [0, 0.05) is 42.0 Å². The number of aromatic nitrogens is 4. The zero-order valence-corrected chi connectivity index (χ0v) is 18.7. The summed E-state index contributed by atoms with van der Waals surface area (Å²) in [5.41, 5.74) is 0.608. The summed E-state index contributed by atoms with van der Waals surface area (Å²) < 4.78 is 7.32. The molecule has 1 aromatic heterocycles. The third-order valence-electron chi connectivity index (χ3n) is 3.30. The highest BCUT2D eigenvalue weighted by Crippen LogP contribution is 2.23. The van der Waals surface area contributed by atoms with Gasteiger partial charge in [0.2, 0.25) is 5.16 Å². The largest absolute Gasteiger partial charge is 0.483 e. The second-order valence-electron chi connectivity index (χ2n) is 6.95. The summed E-state index contributed by atoms with van der Waals surface area (Å²) >= 11 is 7.67. The second-order valence-corrected chi connectivity index (χ2v) is 8.45. The molecule has 8 nitrogen and oxygen atoms in total. The van der Waals surface area contributed by atoms with Gasteiger partial charge in [-0.05, 0) is 49.4 Å². The Morgan fingerprint density at radius 2 is 2.11 bits per heavy atom. The average Bonchev–Trinajstić information content (AvgIpc) is 2.97. The van der Waals surface area contributed by atoms with Crippen molar-refractivity contribution in [2.75, 3.05) is 18.9 Å². The number of hydrogen-bond donors (Lipinski definition) is 2. The molecular weight excluding hydrogens is 423 g/mol. The topological polar surface area (TPSA) is 94.0 Å². The van der Waals surface area contributed by atoms with Crippen molar-refractivity contribution in [3.63, 3.8) is 0 Å². The van der Waals surface area contributed by atoms with Gasteiger partial charge in [-0.3, -0.25) is 4.79 Å². The first kappa shape index (κ1) is 24.5. The van der Waals surface area contributed by atoms with E-state index < -0.39 is 0 Å². The number of rotatable bonds is 9. The number of halogens is 2. The molecule has 28 heavy (non-hydrogen) atoms. The van der Waals surface area contributed by atoms with Gasteiger partial charge in [-0.15, -0.1) is 17.5 Å². The predicted molar refractivity (Wildman–Crippen MR) is 113 cm³/mol. The van der Waals surface area contributed by atoms with Crippen LogP contribution in [0.1, 0.15) is 26.3 Å². The molecule has 0 bridgehead atoms. The lowest BCUT2D eigenvalue weighted by molar-refractivity contribution is -0.124. The lowest BCUT2D eigenvalue weighted by atomic mass is 10.1. The monoisotopic (exact) mass is 448 g/mol. The highest BCUT2D eigenvalue weighted by molar-refractivity contribution is 7.99. The minimum absolute atomic E-state index is 0.